The lowest BCUT2D eigenvalue weighted by atomic mass is 10.0. The summed E-state index contributed by atoms with van der Waals surface area (Å²) in [7, 11) is 0. The summed E-state index contributed by atoms with van der Waals surface area (Å²) in [6.07, 6.45) is 0. The Morgan fingerprint density at radius 2 is 2.11 bits per heavy atom. The zero-order valence-electron chi connectivity index (χ0n) is 10.7. The van der Waals surface area contributed by atoms with Crippen LogP contribution < -0.4 is 11.3 Å². The summed E-state index contributed by atoms with van der Waals surface area (Å²) in [4.78, 5) is 23.3. The van der Waals surface area contributed by atoms with Gasteiger partial charge in [-0.25, -0.2) is 4.68 Å². The lowest BCUT2D eigenvalue weighted by Crippen LogP contribution is -2.31. The Kier molecular flexibility index (Phi) is 3.88. The molecule has 0 bridgehead atoms. The van der Waals surface area contributed by atoms with Gasteiger partial charge in [0.05, 0.1) is 11.1 Å². The lowest BCUT2D eigenvalue weighted by Gasteiger charge is -2.12. The molecule has 100 valence electrons. The van der Waals surface area contributed by atoms with Gasteiger partial charge in [0.25, 0.3) is 5.56 Å². The highest BCUT2D eigenvalue weighted by Crippen LogP contribution is 2.22. The molecule has 1 aromatic heterocycles. The third-order valence-corrected chi connectivity index (χ3v) is 3.47. The van der Waals surface area contributed by atoms with Crippen molar-refractivity contribution in [2.24, 2.45) is 5.73 Å². The van der Waals surface area contributed by atoms with Gasteiger partial charge >= 0.3 is 0 Å². The second-order valence-corrected chi connectivity index (χ2v) is 5.90. The van der Waals surface area contributed by atoms with Crippen LogP contribution in [0.3, 0.4) is 0 Å². The molecule has 0 fully saturated rings. The van der Waals surface area contributed by atoms with Crippen molar-refractivity contribution in [1.82, 2.24) is 9.78 Å². The number of hydrogen-bond donors (Lipinski definition) is 1. The number of amides is 1. The number of rotatable bonds is 3. The van der Waals surface area contributed by atoms with Crippen LogP contribution in [0.1, 0.15) is 25.5 Å². The Morgan fingerprint density at radius 3 is 2.68 bits per heavy atom. The van der Waals surface area contributed by atoms with Crippen LogP contribution in [0.15, 0.2) is 23.0 Å². The van der Waals surface area contributed by atoms with E-state index in [4.69, 9.17) is 5.73 Å². The molecule has 0 saturated carbocycles. The van der Waals surface area contributed by atoms with Crippen molar-refractivity contribution >= 4 is 39.3 Å². The number of halogens is 1. The molecular formula is C13H14IN3O2. The average molecular weight is 371 g/mol. The van der Waals surface area contributed by atoms with Gasteiger partial charge < -0.3 is 5.73 Å². The molecule has 0 aliphatic carbocycles. The minimum absolute atomic E-state index is 0.153. The molecule has 0 unspecified atom stereocenters. The Labute approximate surface area is 123 Å². The van der Waals surface area contributed by atoms with Gasteiger partial charge in [0.1, 0.15) is 6.54 Å². The summed E-state index contributed by atoms with van der Waals surface area (Å²) in [5.74, 6) is -0.422. The van der Waals surface area contributed by atoms with Gasteiger partial charge in [-0.3, -0.25) is 9.59 Å². The van der Waals surface area contributed by atoms with E-state index in [2.05, 4.69) is 27.7 Å². The van der Waals surface area contributed by atoms with Gasteiger partial charge in [-0.05, 0) is 46.7 Å². The molecular weight excluding hydrogens is 357 g/mol. The van der Waals surface area contributed by atoms with Crippen LogP contribution in [0.5, 0.6) is 0 Å². The second-order valence-electron chi connectivity index (χ2n) is 4.66. The van der Waals surface area contributed by atoms with E-state index in [0.717, 1.165) is 19.3 Å². The van der Waals surface area contributed by atoms with E-state index < -0.39 is 5.91 Å². The summed E-state index contributed by atoms with van der Waals surface area (Å²) in [6, 6.07) is 5.57. The van der Waals surface area contributed by atoms with E-state index in [9.17, 15) is 9.59 Å². The Hall–Kier alpha value is -1.44. The first kappa shape index (κ1) is 14.0. The summed E-state index contributed by atoms with van der Waals surface area (Å²) in [5.41, 5.74) is 5.67. The summed E-state index contributed by atoms with van der Waals surface area (Å²) in [5, 5.41) is 5.69. The highest BCUT2D eigenvalue weighted by molar-refractivity contribution is 14.1. The topological polar surface area (TPSA) is 78.0 Å². The lowest BCUT2D eigenvalue weighted by molar-refractivity contribution is -0.118. The maximum absolute atomic E-state index is 12.2. The molecule has 1 amide bonds. The largest absolute Gasteiger partial charge is 0.368 e. The second kappa shape index (κ2) is 5.28. The monoisotopic (exact) mass is 371 g/mol. The number of fused-ring (bicyclic) bond motifs is 1. The fraction of sp³-hybridized carbons (Fsp3) is 0.308. The SMILES string of the molecule is CC(C)c1nn(CC(N)=O)c(=O)c2ccc(I)cc12. The third kappa shape index (κ3) is 2.78. The highest BCUT2D eigenvalue weighted by Gasteiger charge is 2.14. The van der Waals surface area contributed by atoms with Crippen molar-refractivity contribution in [3.8, 4) is 0 Å². The molecule has 0 radical (unpaired) electrons. The fourth-order valence-corrected chi connectivity index (χ4v) is 2.46. The summed E-state index contributed by atoms with van der Waals surface area (Å²) >= 11 is 2.20. The van der Waals surface area contributed by atoms with E-state index in [1.165, 1.54) is 0 Å². The van der Waals surface area contributed by atoms with Crippen LogP contribution in [-0.2, 0) is 11.3 Å². The Balaban J connectivity index is 2.82. The molecule has 0 spiro atoms. The minimum Gasteiger partial charge on any atom is -0.368 e. The molecule has 6 heteroatoms. The molecule has 19 heavy (non-hydrogen) atoms. The Bertz CT molecular complexity index is 707. The zero-order valence-corrected chi connectivity index (χ0v) is 12.8. The van der Waals surface area contributed by atoms with Crippen LogP contribution in [-0.4, -0.2) is 15.7 Å². The van der Waals surface area contributed by atoms with Gasteiger partial charge in [-0.15, -0.1) is 0 Å². The number of aromatic nitrogens is 2. The first-order valence-electron chi connectivity index (χ1n) is 5.88. The van der Waals surface area contributed by atoms with Crippen molar-refractivity contribution in [1.29, 1.82) is 0 Å². The van der Waals surface area contributed by atoms with Crippen LogP contribution in [0.2, 0.25) is 0 Å². The smallest absolute Gasteiger partial charge is 0.275 e. The molecule has 1 heterocycles. The van der Waals surface area contributed by atoms with Crippen molar-refractivity contribution in [3.05, 3.63) is 37.8 Å². The highest BCUT2D eigenvalue weighted by atomic mass is 127. The first-order chi connectivity index (χ1) is 8.90. The predicted octanol–water partition coefficient (Wildman–Crippen LogP) is 1.61. The molecule has 0 saturated heterocycles. The van der Waals surface area contributed by atoms with E-state index >= 15 is 0 Å². The van der Waals surface area contributed by atoms with Gasteiger partial charge in [0.2, 0.25) is 5.91 Å². The number of carbonyl (C=O) groups excluding carboxylic acids is 1. The quantitative estimate of drug-likeness (QED) is 0.833. The maximum Gasteiger partial charge on any atom is 0.275 e. The standard InChI is InChI=1S/C13H14IN3O2/c1-7(2)12-10-5-8(14)3-4-9(10)13(19)17(16-12)6-11(15)18/h3-5,7H,6H2,1-2H3,(H2,15,18). The maximum atomic E-state index is 12.2. The third-order valence-electron chi connectivity index (χ3n) is 2.80. The van der Waals surface area contributed by atoms with Crippen LogP contribution in [0, 0.1) is 3.57 Å². The van der Waals surface area contributed by atoms with Crippen molar-refractivity contribution < 1.29 is 4.79 Å². The van der Waals surface area contributed by atoms with E-state index in [1.807, 2.05) is 26.0 Å². The van der Waals surface area contributed by atoms with Crippen molar-refractivity contribution in [2.75, 3.05) is 0 Å². The molecule has 1 aromatic carbocycles. The number of nitrogens with zero attached hydrogens (tertiary/aromatic N) is 2. The number of benzene rings is 1. The molecule has 5 nitrogen and oxygen atoms in total. The first-order valence-corrected chi connectivity index (χ1v) is 6.96. The molecule has 0 atom stereocenters. The normalized spacial score (nSPS) is 11.2. The van der Waals surface area contributed by atoms with Gasteiger partial charge in [-0.2, -0.15) is 5.10 Å². The minimum atomic E-state index is -0.575. The van der Waals surface area contributed by atoms with Crippen LogP contribution >= 0.6 is 22.6 Å². The van der Waals surface area contributed by atoms with Crippen LogP contribution in [0.25, 0.3) is 10.8 Å². The van der Waals surface area contributed by atoms with Gasteiger partial charge in [0, 0.05) is 8.96 Å². The molecule has 2 aromatic rings. The van der Waals surface area contributed by atoms with Gasteiger partial charge in [-0.1, -0.05) is 13.8 Å². The Morgan fingerprint density at radius 1 is 1.42 bits per heavy atom. The van der Waals surface area contributed by atoms with Gasteiger partial charge in [0.15, 0.2) is 0 Å². The van der Waals surface area contributed by atoms with E-state index in [1.54, 1.807) is 6.07 Å². The zero-order chi connectivity index (χ0) is 14.2. The summed E-state index contributed by atoms with van der Waals surface area (Å²) < 4.78 is 2.19. The van der Waals surface area contributed by atoms with Crippen LogP contribution in [0.4, 0.5) is 0 Å². The predicted molar refractivity (Wildman–Crippen MR) is 82.0 cm³/mol. The van der Waals surface area contributed by atoms with Crippen molar-refractivity contribution in [3.63, 3.8) is 0 Å². The number of primary amides is 1. The van der Waals surface area contributed by atoms with Crippen molar-refractivity contribution in [2.45, 2.75) is 26.3 Å². The molecule has 0 aliphatic heterocycles. The number of carbonyl (C=O) groups is 1. The number of hydrogen-bond acceptors (Lipinski definition) is 3. The molecule has 2 rings (SSSR count). The van der Waals surface area contributed by atoms with E-state index in [-0.39, 0.29) is 18.0 Å². The fourth-order valence-electron chi connectivity index (χ4n) is 1.96. The molecule has 0 aliphatic rings. The summed E-state index contributed by atoms with van der Waals surface area (Å²) in [6.45, 7) is 3.81. The average Bonchev–Trinajstić information content (AvgIpc) is 2.31. The number of nitrogens with two attached hydrogens (primary N) is 1. The van der Waals surface area contributed by atoms with E-state index in [0.29, 0.717) is 5.39 Å². The molecule has 2 N–H and O–H groups in total.